The first-order valence-electron chi connectivity index (χ1n) is 11.8. The van der Waals surface area contributed by atoms with Crippen molar-refractivity contribution < 1.29 is 4.74 Å². The standard InChI is InChI=1S/C26H28N6OS/c1-14(2)23-30-18-6-5-15(9-19(18)31-23)7-8-27-24-22-21(28-13-29-24)17-10-16-12-33-26(3,4)11-20(16)32-25(17)34-22/h5-6,9-10,13-14H,7-8,11-12H2,1-4H3,(H,30,31)(H,27,28,29). The number of ether oxygens (including phenoxy) is 1. The molecule has 0 saturated carbocycles. The number of pyridine rings is 1. The van der Waals surface area contributed by atoms with E-state index < -0.39 is 0 Å². The van der Waals surface area contributed by atoms with Gasteiger partial charge in [-0.3, -0.25) is 0 Å². The van der Waals surface area contributed by atoms with E-state index in [-0.39, 0.29) is 5.60 Å². The highest BCUT2D eigenvalue weighted by molar-refractivity contribution is 7.25. The summed E-state index contributed by atoms with van der Waals surface area (Å²) in [4.78, 5) is 23.3. The van der Waals surface area contributed by atoms with E-state index in [9.17, 15) is 0 Å². The minimum Gasteiger partial charge on any atom is -0.370 e. The number of aromatic amines is 1. The molecule has 7 nitrogen and oxygen atoms in total. The normalized spacial score (nSPS) is 15.4. The van der Waals surface area contributed by atoms with Crippen LogP contribution in [0.3, 0.4) is 0 Å². The molecule has 8 heteroatoms. The maximum absolute atomic E-state index is 6.00. The molecule has 34 heavy (non-hydrogen) atoms. The largest absolute Gasteiger partial charge is 0.370 e. The molecular formula is C26H28N6OS. The number of nitrogens with zero attached hydrogens (tertiary/aromatic N) is 4. The maximum atomic E-state index is 6.00. The van der Waals surface area contributed by atoms with Gasteiger partial charge in [0.1, 0.15) is 22.8 Å². The predicted octanol–water partition coefficient (Wildman–Crippen LogP) is 5.75. The Labute approximate surface area is 202 Å². The van der Waals surface area contributed by atoms with Crippen molar-refractivity contribution in [2.45, 2.75) is 58.7 Å². The molecule has 0 atom stereocenters. The van der Waals surface area contributed by atoms with Gasteiger partial charge in [-0.25, -0.2) is 19.9 Å². The molecule has 1 aromatic carbocycles. The first-order chi connectivity index (χ1) is 16.4. The first kappa shape index (κ1) is 21.4. The van der Waals surface area contributed by atoms with E-state index in [1.54, 1.807) is 17.7 Å². The number of rotatable bonds is 5. The minimum absolute atomic E-state index is 0.174. The van der Waals surface area contributed by atoms with Crippen LogP contribution in [0.15, 0.2) is 30.6 Å². The van der Waals surface area contributed by atoms with Crippen LogP contribution in [0, 0.1) is 0 Å². The van der Waals surface area contributed by atoms with E-state index in [0.29, 0.717) is 12.5 Å². The van der Waals surface area contributed by atoms with Gasteiger partial charge in [0.2, 0.25) is 0 Å². The van der Waals surface area contributed by atoms with Crippen molar-refractivity contribution >= 4 is 48.6 Å². The number of fused-ring (bicyclic) bond motifs is 5. The van der Waals surface area contributed by atoms with Crippen LogP contribution in [0.4, 0.5) is 5.82 Å². The van der Waals surface area contributed by atoms with E-state index in [1.165, 1.54) is 5.56 Å². The number of nitrogens with one attached hydrogen (secondary N) is 2. The number of thiophene rings is 1. The van der Waals surface area contributed by atoms with Crippen molar-refractivity contribution in [2.75, 3.05) is 11.9 Å². The highest BCUT2D eigenvalue weighted by atomic mass is 32.1. The molecule has 0 bridgehead atoms. The molecule has 174 valence electrons. The maximum Gasteiger partial charge on any atom is 0.147 e. The summed E-state index contributed by atoms with van der Waals surface area (Å²) < 4.78 is 7.05. The van der Waals surface area contributed by atoms with Crippen LogP contribution in [0.5, 0.6) is 0 Å². The highest BCUT2D eigenvalue weighted by Crippen LogP contribution is 2.38. The molecule has 0 spiro atoms. The average Bonchev–Trinajstić information content (AvgIpc) is 3.38. The summed E-state index contributed by atoms with van der Waals surface area (Å²) in [6.45, 7) is 9.92. The third-order valence-electron chi connectivity index (χ3n) is 6.44. The summed E-state index contributed by atoms with van der Waals surface area (Å²) in [5.41, 5.74) is 6.45. The second kappa shape index (κ2) is 7.99. The molecule has 4 aromatic heterocycles. The van der Waals surface area contributed by atoms with Gasteiger partial charge in [0, 0.05) is 29.8 Å². The Kier molecular flexibility index (Phi) is 5.04. The van der Waals surface area contributed by atoms with Crippen LogP contribution < -0.4 is 5.32 Å². The van der Waals surface area contributed by atoms with Crippen molar-refractivity contribution in [3.8, 4) is 0 Å². The molecule has 0 aliphatic carbocycles. The Morgan fingerprint density at radius 1 is 1.18 bits per heavy atom. The van der Waals surface area contributed by atoms with Gasteiger partial charge in [-0.05, 0) is 44.0 Å². The Morgan fingerprint density at radius 3 is 2.91 bits per heavy atom. The molecule has 5 aromatic rings. The second-order valence-electron chi connectivity index (χ2n) is 9.98. The van der Waals surface area contributed by atoms with Gasteiger partial charge in [0.25, 0.3) is 0 Å². The summed E-state index contributed by atoms with van der Waals surface area (Å²) in [5, 5.41) is 4.61. The molecule has 0 amide bonds. The minimum atomic E-state index is -0.174. The SMILES string of the molecule is CC(C)c1nc2ccc(CCNc3ncnc4c3sc3nc5c(cc34)COC(C)(C)C5)cc2[nH]1. The van der Waals surface area contributed by atoms with Crippen molar-refractivity contribution in [1.82, 2.24) is 24.9 Å². The van der Waals surface area contributed by atoms with Gasteiger partial charge in [-0.2, -0.15) is 0 Å². The van der Waals surface area contributed by atoms with Crippen molar-refractivity contribution in [2.24, 2.45) is 0 Å². The average molecular weight is 473 g/mol. The molecule has 1 aliphatic rings. The predicted molar refractivity (Wildman–Crippen MR) is 138 cm³/mol. The first-order valence-corrected chi connectivity index (χ1v) is 12.6. The lowest BCUT2D eigenvalue weighted by Gasteiger charge is -2.30. The monoisotopic (exact) mass is 472 g/mol. The van der Waals surface area contributed by atoms with Crippen LogP contribution in [0.1, 0.15) is 56.3 Å². The lowest BCUT2D eigenvalue weighted by atomic mass is 9.95. The molecule has 0 unspecified atom stereocenters. The number of hydrogen-bond donors (Lipinski definition) is 2. The number of aromatic nitrogens is 5. The van der Waals surface area contributed by atoms with Crippen LogP contribution in [0.25, 0.3) is 31.5 Å². The van der Waals surface area contributed by atoms with Gasteiger partial charge in [0.05, 0.1) is 39.2 Å². The number of benzene rings is 1. The van der Waals surface area contributed by atoms with Crippen LogP contribution in [-0.2, 0) is 24.2 Å². The Bertz CT molecular complexity index is 1530. The van der Waals surface area contributed by atoms with Gasteiger partial charge in [-0.1, -0.05) is 19.9 Å². The Balaban J connectivity index is 1.25. The third kappa shape index (κ3) is 3.80. The number of hydrogen-bond acceptors (Lipinski definition) is 7. The molecular weight excluding hydrogens is 444 g/mol. The van der Waals surface area contributed by atoms with Crippen molar-refractivity contribution in [3.63, 3.8) is 0 Å². The highest BCUT2D eigenvalue weighted by Gasteiger charge is 2.28. The lowest BCUT2D eigenvalue weighted by Crippen LogP contribution is -2.32. The van der Waals surface area contributed by atoms with Gasteiger partial charge in [-0.15, -0.1) is 11.3 Å². The molecule has 5 heterocycles. The van der Waals surface area contributed by atoms with E-state index in [0.717, 1.165) is 73.8 Å². The quantitative estimate of drug-likeness (QED) is 0.339. The summed E-state index contributed by atoms with van der Waals surface area (Å²) in [6.07, 6.45) is 3.35. The molecule has 0 saturated heterocycles. The lowest BCUT2D eigenvalue weighted by molar-refractivity contribution is -0.0411. The fourth-order valence-electron chi connectivity index (χ4n) is 4.54. The fourth-order valence-corrected chi connectivity index (χ4v) is 5.64. The number of H-pyrrole nitrogens is 1. The third-order valence-corrected chi connectivity index (χ3v) is 7.54. The zero-order chi connectivity index (χ0) is 23.4. The van der Waals surface area contributed by atoms with Gasteiger partial charge in [0.15, 0.2) is 0 Å². The zero-order valence-electron chi connectivity index (χ0n) is 19.9. The fraction of sp³-hybridized carbons (Fsp3) is 0.385. The van der Waals surface area contributed by atoms with E-state index in [1.807, 2.05) is 0 Å². The zero-order valence-corrected chi connectivity index (χ0v) is 20.7. The molecule has 6 rings (SSSR count). The topological polar surface area (TPSA) is 88.6 Å². The van der Waals surface area contributed by atoms with Crippen molar-refractivity contribution in [3.05, 3.63) is 53.2 Å². The second-order valence-corrected chi connectivity index (χ2v) is 11.0. The molecule has 0 fully saturated rings. The Hall–Kier alpha value is -3.10. The van der Waals surface area contributed by atoms with E-state index >= 15 is 0 Å². The van der Waals surface area contributed by atoms with E-state index in [4.69, 9.17) is 9.72 Å². The number of imidazole rings is 1. The molecule has 0 radical (unpaired) electrons. The van der Waals surface area contributed by atoms with Crippen molar-refractivity contribution in [1.29, 1.82) is 0 Å². The van der Waals surface area contributed by atoms with Gasteiger partial charge < -0.3 is 15.0 Å². The van der Waals surface area contributed by atoms with Gasteiger partial charge >= 0.3 is 0 Å². The molecule has 2 N–H and O–H groups in total. The van der Waals surface area contributed by atoms with Crippen LogP contribution >= 0.6 is 11.3 Å². The van der Waals surface area contributed by atoms with E-state index in [2.05, 4.69) is 77.2 Å². The summed E-state index contributed by atoms with van der Waals surface area (Å²) in [6, 6.07) is 8.65. The summed E-state index contributed by atoms with van der Waals surface area (Å²) in [7, 11) is 0. The summed E-state index contributed by atoms with van der Waals surface area (Å²) in [5.74, 6) is 2.29. The molecule has 1 aliphatic heterocycles. The van der Waals surface area contributed by atoms with Crippen LogP contribution in [-0.4, -0.2) is 37.1 Å². The Morgan fingerprint density at radius 2 is 2.06 bits per heavy atom. The van der Waals surface area contributed by atoms with Crippen LogP contribution in [0.2, 0.25) is 0 Å². The smallest absolute Gasteiger partial charge is 0.147 e. The summed E-state index contributed by atoms with van der Waals surface area (Å²) >= 11 is 1.66. The number of anilines is 1.